The maximum atomic E-state index is 13.4. The summed E-state index contributed by atoms with van der Waals surface area (Å²) in [7, 11) is 0. The second kappa shape index (κ2) is 6.66. The summed E-state index contributed by atoms with van der Waals surface area (Å²) in [6, 6.07) is 4.12. The predicted octanol–water partition coefficient (Wildman–Crippen LogP) is 3.67. The molecule has 1 aromatic heterocycles. The first-order valence-corrected chi connectivity index (χ1v) is 6.88. The lowest BCUT2D eigenvalue weighted by Crippen LogP contribution is -2.10. The van der Waals surface area contributed by atoms with Crippen molar-refractivity contribution in [1.82, 2.24) is 9.78 Å². The highest BCUT2D eigenvalue weighted by Gasteiger charge is 2.36. The van der Waals surface area contributed by atoms with Crippen LogP contribution in [0.15, 0.2) is 24.4 Å². The van der Waals surface area contributed by atoms with Crippen molar-refractivity contribution in [3.8, 4) is 0 Å². The fraction of sp³-hybridized carbons (Fsp3) is 0.357. The lowest BCUT2D eigenvalue weighted by molar-refractivity contribution is -0.142. The Labute approximate surface area is 129 Å². The minimum absolute atomic E-state index is 0.00549. The number of aliphatic hydroxyl groups is 1. The van der Waals surface area contributed by atoms with E-state index in [0.29, 0.717) is 5.56 Å². The van der Waals surface area contributed by atoms with Crippen LogP contribution >= 0.6 is 11.6 Å². The SMILES string of the molecule is OCCCc1cn(Cc2cccc(F)c2Cl)nc1C(F)(F)F. The highest BCUT2D eigenvalue weighted by Crippen LogP contribution is 2.31. The molecule has 1 N–H and O–H groups in total. The van der Waals surface area contributed by atoms with Crippen molar-refractivity contribution in [3.63, 3.8) is 0 Å². The van der Waals surface area contributed by atoms with Crippen molar-refractivity contribution in [3.05, 3.63) is 52.1 Å². The van der Waals surface area contributed by atoms with Crippen molar-refractivity contribution < 1.29 is 22.7 Å². The molecule has 2 rings (SSSR count). The minimum atomic E-state index is -4.58. The normalized spacial score (nSPS) is 11.9. The fourth-order valence-electron chi connectivity index (χ4n) is 2.08. The number of aliphatic hydroxyl groups excluding tert-OH is 1. The molecule has 0 spiro atoms. The number of aryl methyl sites for hydroxylation is 1. The first kappa shape index (κ1) is 16.8. The van der Waals surface area contributed by atoms with Crippen LogP contribution in [0.25, 0.3) is 0 Å². The van der Waals surface area contributed by atoms with Crippen LogP contribution < -0.4 is 0 Å². The molecule has 0 aliphatic carbocycles. The minimum Gasteiger partial charge on any atom is -0.396 e. The van der Waals surface area contributed by atoms with Crippen molar-refractivity contribution in [2.45, 2.75) is 25.6 Å². The molecular weight excluding hydrogens is 324 g/mol. The number of hydrogen-bond acceptors (Lipinski definition) is 2. The zero-order valence-electron chi connectivity index (χ0n) is 11.4. The molecule has 0 saturated heterocycles. The molecule has 0 amide bonds. The highest BCUT2D eigenvalue weighted by atomic mass is 35.5. The molecule has 1 aromatic carbocycles. The van der Waals surface area contributed by atoms with E-state index in [-0.39, 0.29) is 36.6 Å². The third-order valence-electron chi connectivity index (χ3n) is 3.07. The van der Waals surface area contributed by atoms with Gasteiger partial charge in [-0.2, -0.15) is 18.3 Å². The molecule has 3 nitrogen and oxygen atoms in total. The average molecular weight is 337 g/mol. The van der Waals surface area contributed by atoms with E-state index in [2.05, 4.69) is 5.10 Å². The summed E-state index contributed by atoms with van der Waals surface area (Å²) in [5.41, 5.74) is -0.658. The molecule has 8 heteroatoms. The van der Waals surface area contributed by atoms with Gasteiger partial charge >= 0.3 is 6.18 Å². The maximum Gasteiger partial charge on any atom is 0.435 e. The Bertz CT molecular complexity index is 655. The number of benzene rings is 1. The Morgan fingerprint density at radius 2 is 1.95 bits per heavy atom. The van der Waals surface area contributed by atoms with Crippen molar-refractivity contribution in [2.24, 2.45) is 0 Å². The Morgan fingerprint density at radius 1 is 1.23 bits per heavy atom. The molecule has 2 aromatic rings. The third kappa shape index (κ3) is 3.78. The van der Waals surface area contributed by atoms with E-state index in [9.17, 15) is 17.6 Å². The van der Waals surface area contributed by atoms with E-state index >= 15 is 0 Å². The second-order valence-corrected chi connectivity index (χ2v) is 5.12. The Kier molecular flexibility index (Phi) is 5.08. The van der Waals surface area contributed by atoms with Gasteiger partial charge in [0.2, 0.25) is 0 Å². The smallest absolute Gasteiger partial charge is 0.396 e. The van der Waals surface area contributed by atoms with Crippen LogP contribution in [0.2, 0.25) is 5.02 Å². The molecule has 0 aliphatic rings. The molecule has 0 saturated carbocycles. The molecule has 22 heavy (non-hydrogen) atoms. The number of alkyl halides is 3. The van der Waals surface area contributed by atoms with Crippen LogP contribution in [0.5, 0.6) is 0 Å². The number of aromatic nitrogens is 2. The zero-order valence-corrected chi connectivity index (χ0v) is 12.1. The van der Waals surface area contributed by atoms with E-state index in [1.807, 2.05) is 0 Å². The van der Waals surface area contributed by atoms with Gasteiger partial charge in [0.15, 0.2) is 5.69 Å². The molecule has 0 atom stereocenters. The number of hydrogen-bond donors (Lipinski definition) is 1. The van der Waals surface area contributed by atoms with E-state index < -0.39 is 17.7 Å². The lowest BCUT2D eigenvalue weighted by atomic mass is 10.1. The Hall–Kier alpha value is -1.60. The van der Waals surface area contributed by atoms with Crippen LogP contribution in [-0.2, 0) is 19.1 Å². The van der Waals surface area contributed by atoms with Crippen LogP contribution in [0.4, 0.5) is 17.6 Å². The maximum absolute atomic E-state index is 13.4. The van der Waals surface area contributed by atoms with Gasteiger partial charge in [-0.25, -0.2) is 4.39 Å². The first-order chi connectivity index (χ1) is 10.3. The number of rotatable bonds is 5. The van der Waals surface area contributed by atoms with Gasteiger partial charge in [0.25, 0.3) is 0 Å². The van der Waals surface area contributed by atoms with E-state index in [1.165, 1.54) is 24.4 Å². The summed E-state index contributed by atoms with van der Waals surface area (Å²) in [4.78, 5) is 0. The fourth-order valence-corrected chi connectivity index (χ4v) is 2.27. The van der Waals surface area contributed by atoms with Gasteiger partial charge in [-0.1, -0.05) is 23.7 Å². The molecule has 0 unspecified atom stereocenters. The zero-order chi connectivity index (χ0) is 16.3. The van der Waals surface area contributed by atoms with Crippen molar-refractivity contribution in [1.29, 1.82) is 0 Å². The monoisotopic (exact) mass is 336 g/mol. The predicted molar refractivity (Wildman–Crippen MR) is 73.1 cm³/mol. The van der Waals surface area contributed by atoms with Crippen LogP contribution in [0, 0.1) is 5.82 Å². The van der Waals surface area contributed by atoms with E-state index in [4.69, 9.17) is 16.7 Å². The largest absolute Gasteiger partial charge is 0.435 e. The average Bonchev–Trinajstić information content (AvgIpc) is 2.85. The quantitative estimate of drug-likeness (QED) is 0.846. The van der Waals surface area contributed by atoms with Crippen LogP contribution in [0.3, 0.4) is 0 Å². The van der Waals surface area contributed by atoms with Gasteiger partial charge in [0.1, 0.15) is 5.82 Å². The molecule has 0 fully saturated rings. The summed E-state index contributed by atoms with van der Waals surface area (Å²) in [6.45, 7) is -0.281. The first-order valence-electron chi connectivity index (χ1n) is 6.50. The third-order valence-corrected chi connectivity index (χ3v) is 3.50. The van der Waals surface area contributed by atoms with Crippen molar-refractivity contribution >= 4 is 11.6 Å². The topological polar surface area (TPSA) is 38.0 Å². The van der Waals surface area contributed by atoms with E-state index in [0.717, 1.165) is 4.68 Å². The van der Waals surface area contributed by atoms with Gasteiger partial charge < -0.3 is 5.11 Å². The van der Waals surface area contributed by atoms with Crippen molar-refractivity contribution in [2.75, 3.05) is 6.61 Å². The van der Waals surface area contributed by atoms with Gasteiger partial charge in [0.05, 0.1) is 11.6 Å². The van der Waals surface area contributed by atoms with Crippen LogP contribution in [-0.4, -0.2) is 21.5 Å². The summed E-state index contributed by atoms with van der Waals surface area (Å²) in [6.07, 6.45) is -3.07. The Balaban J connectivity index is 2.32. The standard InChI is InChI=1S/C14H13ClF4N2O/c15-12-9(3-1-5-11(12)16)7-21-8-10(4-2-6-22)13(20-21)14(17,18)19/h1,3,5,8,22H,2,4,6-7H2. The summed E-state index contributed by atoms with van der Waals surface area (Å²) >= 11 is 5.79. The summed E-state index contributed by atoms with van der Waals surface area (Å²) < 4.78 is 53.3. The molecule has 1 heterocycles. The van der Waals surface area contributed by atoms with Crippen LogP contribution in [0.1, 0.15) is 23.2 Å². The number of nitrogens with zero attached hydrogens (tertiary/aromatic N) is 2. The summed E-state index contributed by atoms with van der Waals surface area (Å²) in [5, 5.41) is 12.2. The molecule has 0 radical (unpaired) electrons. The lowest BCUT2D eigenvalue weighted by Gasteiger charge is -2.06. The van der Waals surface area contributed by atoms with Gasteiger partial charge in [-0.05, 0) is 24.5 Å². The molecular formula is C14H13ClF4N2O. The molecule has 120 valence electrons. The molecule has 0 aliphatic heterocycles. The second-order valence-electron chi connectivity index (χ2n) is 4.74. The summed E-state index contributed by atoms with van der Waals surface area (Å²) in [5.74, 6) is -0.636. The number of halogens is 5. The van der Waals surface area contributed by atoms with Gasteiger partial charge in [-0.15, -0.1) is 0 Å². The highest BCUT2D eigenvalue weighted by molar-refractivity contribution is 6.31. The van der Waals surface area contributed by atoms with E-state index in [1.54, 1.807) is 0 Å². The van der Waals surface area contributed by atoms with Gasteiger partial charge in [-0.3, -0.25) is 4.68 Å². The Morgan fingerprint density at radius 3 is 2.59 bits per heavy atom. The van der Waals surface area contributed by atoms with Gasteiger partial charge in [0, 0.05) is 18.4 Å². The molecule has 0 bridgehead atoms.